The Morgan fingerprint density at radius 2 is 1.81 bits per heavy atom. The Labute approximate surface area is 99.1 Å². The maximum atomic E-state index is 3.55. The van der Waals surface area contributed by atoms with E-state index in [9.17, 15) is 0 Å². The van der Waals surface area contributed by atoms with E-state index >= 15 is 0 Å². The Balaban J connectivity index is 1.86. The molecular weight excluding hydrogens is 196 g/mol. The van der Waals surface area contributed by atoms with Crippen molar-refractivity contribution in [3.63, 3.8) is 0 Å². The first-order chi connectivity index (χ1) is 7.75. The molecule has 0 aliphatic carbocycles. The van der Waals surface area contributed by atoms with E-state index in [4.69, 9.17) is 0 Å². The van der Waals surface area contributed by atoms with Gasteiger partial charge in [0.25, 0.3) is 0 Å². The fourth-order valence-electron chi connectivity index (χ4n) is 3.83. The summed E-state index contributed by atoms with van der Waals surface area (Å²) >= 11 is 0. The first kappa shape index (κ1) is 10.6. The van der Waals surface area contributed by atoms with Gasteiger partial charge >= 0.3 is 0 Å². The van der Waals surface area contributed by atoms with Crippen molar-refractivity contribution in [2.75, 3.05) is 6.54 Å². The second kappa shape index (κ2) is 4.06. The highest BCUT2D eigenvalue weighted by Gasteiger charge is 2.39. The minimum atomic E-state index is 0.563. The van der Waals surface area contributed by atoms with Crippen LogP contribution in [0.4, 0.5) is 0 Å². The third-order valence-electron chi connectivity index (χ3n) is 4.66. The maximum absolute atomic E-state index is 3.55. The van der Waals surface area contributed by atoms with Crippen LogP contribution >= 0.6 is 0 Å². The van der Waals surface area contributed by atoms with Gasteiger partial charge in [-0.2, -0.15) is 0 Å². The summed E-state index contributed by atoms with van der Waals surface area (Å²) in [5.41, 5.74) is 1.65. The standard InChI is InChI=1S/C14H24N2/c1-10-9-15-11(2)8-14(10)16-12-4-3-5-13(16)7-6-12/h8,10-13,15H,3-7,9H2,1-2H3. The summed E-state index contributed by atoms with van der Waals surface area (Å²) in [6.45, 7) is 5.80. The van der Waals surface area contributed by atoms with Crippen LogP contribution in [0.2, 0.25) is 0 Å². The van der Waals surface area contributed by atoms with Gasteiger partial charge in [-0.1, -0.05) is 6.92 Å². The fourth-order valence-corrected chi connectivity index (χ4v) is 3.83. The molecule has 16 heavy (non-hydrogen) atoms. The van der Waals surface area contributed by atoms with Crippen molar-refractivity contribution in [3.8, 4) is 0 Å². The molecule has 2 saturated heterocycles. The summed E-state index contributed by atoms with van der Waals surface area (Å²) < 4.78 is 0. The highest BCUT2D eigenvalue weighted by molar-refractivity contribution is 5.17. The van der Waals surface area contributed by atoms with Crippen molar-refractivity contribution in [3.05, 3.63) is 11.8 Å². The molecule has 90 valence electrons. The lowest BCUT2D eigenvalue weighted by atomic mass is 9.94. The van der Waals surface area contributed by atoms with Crippen LogP contribution < -0.4 is 5.32 Å². The minimum absolute atomic E-state index is 0.563. The third kappa shape index (κ3) is 1.67. The van der Waals surface area contributed by atoms with Gasteiger partial charge in [0.2, 0.25) is 0 Å². The Kier molecular flexibility index (Phi) is 2.70. The molecule has 2 fully saturated rings. The van der Waals surface area contributed by atoms with Crippen LogP contribution in [0.5, 0.6) is 0 Å². The molecule has 0 radical (unpaired) electrons. The number of rotatable bonds is 1. The van der Waals surface area contributed by atoms with Crippen LogP contribution in [0.25, 0.3) is 0 Å². The Bertz CT molecular complexity index is 281. The molecule has 0 spiro atoms. The van der Waals surface area contributed by atoms with Crippen molar-refractivity contribution >= 4 is 0 Å². The van der Waals surface area contributed by atoms with Crippen LogP contribution in [-0.2, 0) is 0 Å². The zero-order valence-corrected chi connectivity index (χ0v) is 10.6. The Hall–Kier alpha value is -0.500. The fraction of sp³-hybridized carbons (Fsp3) is 0.857. The summed E-state index contributed by atoms with van der Waals surface area (Å²) in [4.78, 5) is 2.80. The van der Waals surface area contributed by atoms with E-state index < -0.39 is 0 Å². The zero-order valence-electron chi connectivity index (χ0n) is 10.6. The van der Waals surface area contributed by atoms with Crippen molar-refractivity contribution < 1.29 is 0 Å². The first-order valence-corrected chi connectivity index (χ1v) is 6.99. The Morgan fingerprint density at radius 1 is 1.12 bits per heavy atom. The topological polar surface area (TPSA) is 15.3 Å². The van der Waals surface area contributed by atoms with Crippen LogP contribution in [0.15, 0.2) is 11.8 Å². The number of hydrogen-bond donors (Lipinski definition) is 1. The van der Waals surface area contributed by atoms with Gasteiger partial charge in [-0.3, -0.25) is 0 Å². The third-order valence-corrected chi connectivity index (χ3v) is 4.66. The van der Waals surface area contributed by atoms with Crippen molar-refractivity contribution in [1.82, 2.24) is 10.2 Å². The smallest absolute Gasteiger partial charge is 0.0290 e. The average Bonchev–Trinajstić information content (AvgIpc) is 2.52. The van der Waals surface area contributed by atoms with E-state index in [0.717, 1.165) is 18.6 Å². The van der Waals surface area contributed by atoms with Crippen molar-refractivity contribution in [2.24, 2.45) is 5.92 Å². The van der Waals surface area contributed by atoms with Gasteiger partial charge in [0.1, 0.15) is 0 Å². The van der Waals surface area contributed by atoms with Crippen molar-refractivity contribution in [2.45, 2.75) is 64.1 Å². The molecule has 3 aliphatic rings. The molecule has 0 aromatic carbocycles. The van der Waals surface area contributed by atoms with Crippen LogP contribution in [0, 0.1) is 5.92 Å². The van der Waals surface area contributed by atoms with Crippen LogP contribution in [-0.4, -0.2) is 29.6 Å². The van der Waals surface area contributed by atoms with Crippen LogP contribution in [0.3, 0.4) is 0 Å². The molecule has 2 heteroatoms. The molecule has 3 heterocycles. The number of fused-ring (bicyclic) bond motifs is 2. The van der Waals surface area contributed by atoms with E-state index in [-0.39, 0.29) is 0 Å². The molecule has 0 amide bonds. The van der Waals surface area contributed by atoms with E-state index in [1.807, 2.05) is 0 Å². The molecule has 2 nitrogen and oxygen atoms in total. The summed E-state index contributed by atoms with van der Waals surface area (Å²) in [5.74, 6) is 0.706. The van der Waals surface area contributed by atoms with Gasteiger partial charge < -0.3 is 10.2 Å². The van der Waals surface area contributed by atoms with E-state index in [1.165, 1.54) is 32.1 Å². The van der Waals surface area contributed by atoms with E-state index in [1.54, 1.807) is 5.70 Å². The highest BCUT2D eigenvalue weighted by Crippen LogP contribution is 2.40. The Morgan fingerprint density at radius 3 is 2.50 bits per heavy atom. The normalized spacial score (nSPS) is 43.4. The predicted octanol–water partition coefficient (Wildman–Crippen LogP) is 2.52. The quantitative estimate of drug-likeness (QED) is 0.730. The second-order valence-corrected chi connectivity index (χ2v) is 5.91. The molecule has 1 N–H and O–H groups in total. The maximum Gasteiger partial charge on any atom is 0.0290 e. The van der Waals surface area contributed by atoms with Crippen molar-refractivity contribution in [1.29, 1.82) is 0 Å². The predicted molar refractivity (Wildman–Crippen MR) is 67.2 cm³/mol. The molecular formula is C14H24N2. The number of nitrogens with one attached hydrogen (secondary N) is 1. The van der Waals surface area contributed by atoms with Gasteiger partial charge in [-0.25, -0.2) is 0 Å². The van der Waals surface area contributed by atoms with E-state index in [0.29, 0.717) is 12.0 Å². The second-order valence-electron chi connectivity index (χ2n) is 5.91. The number of nitrogens with zero attached hydrogens (tertiary/aromatic N) is 1. The molecule has 0 saturated carbocycles. The largest absolute Gasteiger partial charge is 0.369 e. The molecule has 3 aliphatic heterocycles. The average molecular weight is 220 g/mol. The summed E-state index contributed by atoms with van der Waals surface area (Å²) in [5, 5.41) is 3.55. The van der Waals surface area contributed by atoms with Gasteiger partial charge in [-0.15, -0.1) is 0 Å². The first-order valence-electron chi connectivity index (χ1n) is 6.99. The zero-order chi connectivity index (χ0) is 11.1. The molecule has 4 unspecified atom stereocenters. The molecule has 0 aromatic heterocycles. The minimum Gasteiger partial charge on any atom is -0.369 e. The number of hydrogen-bond acceptors (Lipinski definition) is 2. The van der Waals surface area contributed by atoms with Gasteiger partial charge in [0.05, 0.1) is 0 Å². The lowest BCUT2D eigenvalue weighted by Gasteiger charge is -2.43. The summed E-state index contributed by atoms with van der Waals surface area (Å²) in [7, 11) is 0. The highest BCUT2D eigenvalue weighted by atomic mass is 15.2. The molecule has 2 bridgehead atoms. The summed E-state index contributed by atoms with van der Waals surface area (Å²) in [6, 6.07) is 2.31. The lowest BCUT2D eigenvalue weighted by Crippen LogP contribution is -2.46. The SMILES string of the molecule is CC1C=C(N2C3CCCC2CC3)C(C)CN1. The summed E-state index contributed by atoms with van der Waals surface area (Å²) in [6.07, 6.45) is 9.68. The van der Waals surface area contributed by atoms with Gasteiger partial charge in [0, 0.05) is 36.3 Å². The monoisotopic (exact) mass is 220 g/mol. The molecule has 0 aromatic rings. The van der Waals surface area contributed by atoms with Crippen LogP contribution in [0.1, 0.15) is 46.0 Å². The number of piperidine rings is 1. The lowest BCUT2D eigenvalue weighted by molar-refractivity contribution is 0.163. The van der Waals surface area contributed by atoms with E-state index in [2.05, 4.69) is 30.1 Å². The van der Waals surface area contributed by atoms with Gasteiger partial charge in [-0.05, 0) is 45.1 Å². The van der Waals surface area contributed by atoms with Gasteiger partial charge in [0.15, 0.2) is 0 Å². The molecule has 3 rings (SSSR count). The molecule has 4 atom stereocenters.